The largest absolute Gasteiger partial charge is 0.497 e. The zero-order valence-corrected chi connectivity index (χ0v) is 17.0. The van der Waals surface area contributed by atoms with Crippen molar-refractivity contribution in [3.8, 4) is 11.5 Å². The zero-order valence-electron chi connectivity index (χ0n) is 16.2. The minimum atomic E-state index is -3.78. The van der Waals surface area contributed by atoms with Crippen LogP contribution in [-0.4, -0.2) is 52.6 Å². The van der Waals surface area contributed by atoms with Crippen molar-refractivity contribution >= 4 is 16.2 Å². The van der Waals surface area contributed by atoms with Gasteiger partial charge in [0.1, 0.15) is 11.5 Å². The van der Waals surface area contributed by atoms with Crippen molar-refractivity contribution in [1.82, 2.24) is 9.03 Å². The molecule has 0 unspecified atom stereocenters. The molecule has 0 bridgehead atoms. The Morgan fingerprint density at radius 1 is 1.33 bits per heavy atom. The number of nitrogens with one attached hydrogen (secondary N) is 1. The predicted molar refractivity (Wildman–Crippen MR) is 101 cm³/mol. The quantitative estimate of drug-likeness (QED) is 0.670. The van der Waals surface area contributed by atoms with Gasteiger partial charge >= 0.3 is 5.97 Å². The normalized spacial score (nSPS) is 19.3. The van der Waals surface area contributed by atoms with Gasteiger partial charge < -0.3 is 14.2 Å². The molecule has 0 saturated carbocycles. The highest BCUT2D eigenvalue weighted by Crippen LogP contribution is 2.30. The van der Waals surface area contributed by atoms with Crippen LogP contribution >= 0.6 is 0 Å². The second kappa shape index (κ2) is 9.38. The maximum Gasteiger partial charge on any atom is 0.310 e. The molecule has 2 atom stereocenters. The Morgan fingerprint density at radius 2 is 2.07 bits per heavy atom. The van der Waals surface area contributed by atoms with E-state index in [9.17, 15) is 13.2 Å². The van der Waals surface area contributed by atoms with Crippen LogP contribution in [0.25, 0.3) is 0 Å². The molecule has 152 valence electrons. The Morgan fingerprint density at radius 3 is 2.70 bits per heavy atom. The summed E-state index contributed by atoms with van der Waals surface area (Å²) in [6.45, 7) is 4.25. The van der Waals surface area contributed by atoms with Crippen molar-refractivity contribution < 1.29 is 27.4 Å². The van der Waals surface area contributed by atoms with Crippen molar-refractivity contribution in [3.63, 3.8) is 0 Å². The van der Waals surface area contributed by atoms with Crippen molar-refractivity contribution in [2.75, 3.05) is 33.9 Å². The Balaban J connectivity index is 2.14. The molecule has 0 radical (unpaired) electrons. The summed E-state index contributed by atoms with van der Waals surface area (Å²) >= 11 is 0. The van der Waals surface area contributed by atoms with Crippen molar-refractivity contribution in [2.24, 2.45) is 5.92 Å². The van der Waals surface area contributed by atoms with E-state index in [1.165, 1.54) is 11.4 Å². The summed E-state index contributed by atoms with van der Waals surface area (Å²) in [6.07, 6.45) is 1.24. The molecule has 1 aliphatic heterocycles. The maximum atomic E-state index is 12.8. The summed E-state index contributed by atoms with van der Waals surface area (Å²) < 4.78 is 45.3. The van der Waals surface area contributed by atoms with Gasteiger partial charge in [-0.1, -0.05) is 0 Å². The number of piperidine rings is 1. The minimum Gasteiger partial charge on any atom is -0.497 e. The van der Waals surface area contributed by atoms with Crippen LogP contribution in [0.1, 0.15) is 38.3 Å². The SMILES string of the molecule is CCOC(=O)[C@H]1CCCN(S(=O)(=O)N[C@@H](C)c2cc(OC)ccc2OC)C1. The number of carbonyl (C=O) groups excluding carboxylic acids is 1. The van der Waals surface area contributed by atoms with Crippen LogP contribution in [0.4, 0.5) is 0 Å². The highest BCUT2D eigenvalue weighted by molar-refractivity contribution is 7.87. The number of esters is 1. The molecular formula is C18H28N2O6S. The first-order valence-electron chi connectivity index (χ1n) is 8.98. The molecule has 2 rings (SSSR count). The first kappa shape index (κ1) is 21.5. The van der Waals surface area contributed by atoms with Gasteiger partial charge in [-0.25, -0.2) is 0 Å². The molecule has 0 spiro atoms. The second-order valence-electron chi connectivity index (χ2n) is 6.40. The number of carbonyl (C=O) groups is 1. The van der Waals surface area contributed by atoms with Crippen LogP contribution < -0.4 is 14.2 Å². The van der Waals surface area contributed by atoms with E-state index in [0.29, 0.717) is 36.4 Å². The standard InChI is InChI=1S/C18H28N2O6S/c1-5-26-18(21)14-7-6-10-20(12-14)27(22,23)19-13(2)16-11-15(24-3)8-9-17(16)25-4/h8-9,11,13-14,19H,5-7,10,12H2,1-4H3/t13-,14-/m0/s1. The van der Waals surface area contributed by atoms with Gasteiger partial charge in [-0.05, 0) is 44.9 Å². The molecule has 1 N–H and O–H groups in total. The molecule has 8 nitrogen and oxygen atoms in total. The van der Waals surface area contributed by atoms with Crippen LogP contribution in [0, 0.1) is 5.92 Å². The number of hydrogen-bond acceptors (Lipinski definition) is 6. The lowest BCUT2D eigenvalue weighted by Crippen LogP contribution is -2.48. The summed E-state index contributed by atoms with van der Waals surface area (Å²) in [5, 5.41) is 0. The Labute approximate surface area is 161 Å². The third kappa shape index (κ3) is 5.33. The molecule has 1 saturated heterocycles. The molecule has 1 aromatic rings. The molecule has 9 heteroatoms. The second-order valence-corrected chi connectivity index (χ2v) is 8.10. The predicted octanol–water partition coefficient (Wildman–Crippen LogP) is 1.87. The van der Waals surface area contributed by atoms with E-state index >= 15 is 0 Å². The van der Waals surface area contributed by atoms with E-state index in [2.05, 4.69) is 4.72 Å². The maximum absolute atomic E-state index is 12.8. The Hall–Kier alpha value is -1.84. The van der Waals surface area contributed by atoms with Crippen LogP contribution in [-0.2, 0) is 19.7 Å². The van der Waals surface area contributed by atoms with Gasteiger partial charge in [-0.2, -0.15) is 17.4 Å². The smallest absolute Gasteiger partial charge is 0.310 e. The van der Waals surface area contributed by atoms with E-state index in [1.807, 2.05) is 0 Å². The highest BCUT2D eigenvalue weighted by atomic mass is 32.2. The van der Waals surface area contributed by atoms with Gasteiger partial charge in [0.05, 0.1) is 26.7 Å². The summed E-state index contributed by atoms with van der Waals surface area (Å²) in [5.41, 5.74) is 0.666. The van der Waals surface area contributed by atoms with E-state index in [-0.39, 0.29) is 19.1 Å². The molecule has 0 aromatic heterocycles. The lowest BCUT2D eigenvalue weighted by atomic mass is 10.0. The average molecular weight is 400 g/mol. The van der Waals surface area contributed by atoms with Gasteiger partial charge in [0.15, 0.2) is 0 Å². The third-order valence-electron chi connectivity index (χ3n) is 4.57. The zero-order chi connectivity index (χ0) is 20.0. The molecule has 1 heterocycles. The van der Waals surface area contributed by atoms with Crippen LogP contribution in [0.3, 0.4) is 0 Å². The summed E-state index contributed by atoms with van der Waals surface area (Å²) in [5.74, 6) is 0.392. The van der Waals surface area contributed by atoms with Gasteiger partial charge in [-0.3, -0.25) is 4.79 Å². The number of benzene rings is 1. The lowest BCUT2D eigenvalue weighted by molar-refractivity contribution is -0.149. The van der Waals surface area contributed by atoms with Gasteiger partial charge in [0, 0.05) is 24.7 Å². The number of hydrogen-bond donors (Lipinski definition) is 1. The first-order valence-corrected chi connectivity index (χ1v) is 10.4. The molecule has 1 aliphatic rings. The Kier molecular flexibility index (Phi) is 7.46. The van der Waals surface area contributed by atoms with Gasteiger partial charge in [0.25, 0.3) is 10.2 Å². The van der Waals surface area contributed by atoms with E-state index in [4.69, 9.17) is 14.2 Å². The fourth-order valence-electron chi connectivity index (χ4n) is 3.15. The minimum absolute atomic E-state index is 0.121. The summed E-state index contributed by atoms with van der Waals surface area (Å²) in [6, 6.07) is 4.68. The topological polar surface area (TPSA) is 94.2 Å². The fraction of sp³-hybridized carbons (Fsp3) is 0.611. The third-order valence-corrected chi connectivity index (χ3v) is 6.24. The van der Waals surface area contributed by atoms with Crippen molar-refractivity contribution in [2.45, 2.75) is 32.7 Å². The Bertz CT molecular complexity index is 752. The average Bonchev–Trinajstić information content (AvgIpc) is 2.67. The van der Waals surface area contributed by atoms with Crippen molar-refractivity contribution in [1.29, 1.82) is 0 Å². The van der Waals surface area contributed by atoms with E-state index in [0.717, 1.165) is 0 Å². The summed E-state index contributed by atoms with van der Waals surface area (Å²) in [7, 11) is -0.703. The molecule has 1 aromatic carbocycles. The molecular weight excluding hydrogens is 372 g/mol. The van der Waals surface area contributed by atoms with E-state index in [1.54, 1.807) is 39.2 Å². The molecule has 0 amide bonds. The molecule has 27 heavy (non-hydrogen) atoms. The number of ether oxygens (including phenoxy) is 3. The lowest BCUT2D eigenvalue weighted by Gasteiger charge is -2.31. The number of methoxy groups -OCH3 is 2. The number of nitrogens with zero attached hydrogens (tertiary/aromatic N) is 1. The first-order chi connectivity index (χ1) is 12.8. The van der Waals surface area contributed by atoms with Crippen LogP contribution in [0.15, 0.2) is 18.2 Å². The molecule has 0 aliphatic carbocycles. The molecule has 1 fully saturated rings. The van der Waals surface area contributed by atoms with Crippen molar-refractivity contribution in [3.05, 3.63) is 23.8 Å². The van der Waals surface area contributed by atoms with Gasteiger partial charge in [0.2, 0.25) is 0 Å². The van der Waals surface area contributed by atoms with Gasteiger partial charge in [-0.15, -0.1) is 0 Å². The number of rotatable bonds is 8. The van der Waals surface area contributed by atoms with Crippen LogP contribution in [0.5, 0.6) is 11.5 Å². The highest BCUT2D eigenvalue weighted by Gasteiger charge is 2.34. The fourth-order valence-corrected chi connectivity index (χ4v) is 4.62. The van der Waals surface area contributed by atoms with E-state index < -0.39 is 22.2 Å². The summed E-state index contributed by atoms with van der Waals surface area (Å²) in [4.78, 5) is 12.0. The van der Waals surface area contributed by atoms with Crippen LogP contribution in [0.2, 0.25) is 0 Å². The monoisotopic (exact) mass is 400 g/mol.